The lowest BCUT2D eigenvalue weighted by Crippen LogP contribution is -2.49. The Morgan fingerprint density at radius 2 is 1.87 bits per heavy atom. The second-order valence-electron chi connectivity index (χ2n) is 7.54. The standard InChI is InChI=1S/C17H32N2O4/c1-5-13(12-18-15(20)23-16(2,3)4)19-14-6-8-17(9-7-14)21-10-11-22-17/h13-14,19H,5-12H2,1-4H3,(H,18,20). The number of alkyl carbamates (subject to hydrolysis) is 1. The number of ether oxygens (including phenoxy) is 3. The van der Waals surface area contributed by atoms with Crippen LogP contribution in [-0.4, -0.2) is 49.3 Å². The van der Waals surface area contributed by atoms with E-state index in [1.54, 1.807) is 0 Å². The Morgan fingerprint density at radius 1 is 1.26 bits per heavy atom. The van der Waals surface area contributed by atoms with Gasteiger partial charge in [0, 0.05) is 31.5 Å². The van der Waals surface area contributed by atoms with Crippen molar-refractivity contribution in [3.8, 4) is 0 Å². The van der Waals surface area contributed by atoms with Crippen molar-refractivity contribution in [3.63, 3.8) is 0 Å². The number of hydrogen-bond donors (Lipinski definition) is 2. The summed E-state index contributed by atoms with van der Waals surface area (Å²) < 4.78 is 16.8. The summed E-state index contributed by atoms with van der Waals surface area (Å²) in [5, 5.41) is 6.50. The number of hydrogen-bond acceptors (Lipinski definition) is 5. The number of nitrogens with one attached hydrogen (secondary N) is 2. The number of amides is 1. The van der Waals surface area contributed by atoms with Gasteiger partial charge in [0.2, 0.25) is 0 Å². The minimum atomic E-state index is -0.460. The van der Waals surface area contributed by atoms with E-state index in [-0.39, 0.29) is 17.9 Å². The van der Waals surface area contributed by atoms with Gasteiger partial charge in [0.15, 0.2) is 5.79 Å². The van der Waals surface area contributed by atoms with Crippen molar-refractivity contribution in [2.45, 2.75) is 83.3 Å². The van der Waals surface area contributed by atoms with Crippen molar-refractivity contribution < 1.29 is 19.0 Å². The largest absolute Gasteiger partial charge is 0.444 e. The summed E-state index contributed by atoms with van der Waals surface area (Å²) >= 11 is 0. The molecule has 1 heterocycles. The first-order valence-corrected chi connectivity index (χ1v) is 8.83. The van der Waals surface area contributed by atoms with Crippen LogP contribution in [0.2, 0.25) is 0 Å². The molecule has 2 N–H and O–H groups in total. The van der Waals surface area contributed by atoms with E-state index in [0.717, 1.165) is 45.3 Å². The molecule has 0 radical (unpaired) electrons. The molecular formula is C17H32N2O4. The number of rotatable bonds is 5. The molecule has 134 valence electrons. The average Bonchev–Trinajstić information content (AvgIpc) is 2.92. The minimum absolute atomic E-state index is 0.256. The fraction of sp³-hybridized carbons (Fsp3) is 0.941. The van der Waals surface area contributed by atoms with Gasteiger partial charge in [-0.05, 0) is 40.0 Å². The van der Waals surface area contributed by atoms with Gasteiger partial charge >= 0.3 is 6.09 Å². The van der Waals surface area contributed by atoms with Crippen LogP contribution in [0, 0.1) is 0 Å². The van der Waals surface area contributed by atoms with Crippen LogP contribution in [0.4, 0.5) is 4.79 Å². The zero-order valence-electron chi connectivity index (χ0n) is 14.9. The van der Waals surface area contributed by atoms with Gasteiger partial charge in [-0.25, -0.2) is 4.79 Å². The van der Waals surface area contributed by atoms with Gasteiger partial charge in [0.25, 0.3) is 0 Å². The van der Waals surface area contributed by atoms with Crippen molar-refractivity contribution in [3.05, 3.63) is 0 Å². The number of carbonyl (C=O) groups excluding carboxylic acids is 1. The third-order valence-corrected chi connectivity index (χ3v) is 4.42. The Balaban J connectivity index is 1.69. The first kappa shape index (κ1) is 18.5. The molecule has 1 aliphatic heterocycles. The SMILES string of the molecule is CCC(CNC(=O)OC(C)(C)C)NC1CCC2(CC1)OCCO2. The molecule has 2 rings (SSSR count). The predicted molar refractivity (Wildman–Crippen MR) is 88.3 cm³/mol. The molecule has 1 amide bonds. The molecule has 1 unspecified atom stereocenters. The Bertz CT molecular complexity index is 379. The summed E-state index contributed by atoms with van der Waals surface area (Å²) in [6.45, 7) is 9.75. The van der Waals surface area contributed by atoms with Crippen LogP contribution in [0.5, 0.6) is 0 Å². The lowest BCUT2D eigenvalue weighted by Gasteiger charge is -2.37. The number of carbonyl (C=O) groups is 1. The fourth-order valence-corrected chi connectivity index (χ4v) is 3.19. The molecule has 2 fully saturated rings. The topological polar surface area (TPSA) is 68.8 Å². The normalized spacial score (nSPS) is 23.0. The van der Waals surface area contributed by atoms with Crippen LogP contribution in [0.15, 0.2) is 0 Å². The third kappa shape index (κ3) is 5.94. The molecule has 1 spiro atoms. The fourth-order valence-electron chi connectivity index (χ4n) is 3.19. The van der Waals surface area contributed by atoms with Gasteiger partial charge in [-0.3, -0.25) is 0 Å². The van der Waals surface area contributed by atoms with Crippen molar-refractivity contribution in [1.29, 1.82) is 0 Å². The summed E-state index contributed by atoms with van der Waals surface area (Å²) in [6, 6.07) is 0.714. The van der Waals surface area contributed by atoms with Gasteiger partial charge in [0.05, 0.1) is 13.2 Å². The Hall–Kier alpha value is -0.850. The average molecular weight is 328 g/mol. The molecule has 0 aromatic carbocycles. The Morgan fingerprint density at radius 3 is 2.39 bits per heavy atom. The predicted octanol–water partition coefficient (Wildman–Crippen LogP) is 2.57. The molecule has 1 saturated heterocycles. The van der Waals surface area contributed by atoms with E-state index in [1.807, 2.05) is 20.8 Å². The quantitative estimate of drug-likeness (QED) is 0.812. The van der Waals surface area contributed by atoms with Crippen LogP contribution in [0.25, 0.3) is 0 Å². The summed E-state index contributed by atoms with van der Waals surface area (Å²) in [4.78, 5) is 11.7. The van der Waals surface area contributed by atoms with E-state index in [9.17, 15) is 4.79 Å². The summed E-state index contributed by atoms with van der Waals surface area (Å²) in [5.41, 5.74) is -0.460. The molecule has 1 atom stereocenters. The van der Waals surface area contributed by atoms with Gasteiger partial charge in [0.1, 0.15) is 5.60 Å². The third-order valence-electron chi connectivity index (χ3n) is 4.42. The molecule has 2 aliphatic rings. The minimum Gasteiger partial charge on any atom is -0.444 e. The molecule has 1 saturated carbocycles. The maximum absolute atomic E-state index is 11.7. The van der Waals surface area contributed by atoms with Gasteiger partial charge in [-0.1, -0.05) is 6.92 Å². The molecule has 0 bridgehead atoms. The van der Waals surface area contributed by atoms with Crippen LogP contribution in [0.1, 0.15) is 59.8 Å². The zero-order valence-corrected chi connectivity index (χ0v) is 14.9. The first-order chi connectivity index (χ1) is 10.8. The molecule has 0 aromatic heterocycles. The lowest BCUT2D eigenvalue weighted by atomic mass is 9.89. The van der Waals surface area contributed by atoms with E-state index in [2.05, 4.69) is 17.6 Å². The van der Waals surface area contributed by atoms with Crippen LogP contribution in [-0.2, 0) is 14.2 Å². The highest BCUT2D eigenvalue weighted by Gasteiger charge is 2.40. The zero-order chi connectivity index (χ0) is 16.9. The van der Waals surface area contributed by atoms with E-state index in [0.29, 0.717) is 12.6 Å². The van der Waals surface area contributed by atoms with E-state index in [4.69, 9.17) is 14.2 Å². The van der Waals surface area contributed by atoms with Gasteiger partial charge in [-0.2, -0.15) is 0 Å². The molecule has 6 heteroatoms. The molecular weight excluding hydrogens is 296 g/mol. The second kappa shape index (κ2) is 7.81. The summed E-state index contributed by atoms with van der Waals surface area (Å²) in [6.07, 6.45) is 4.59. The van der Waals surface area contributed by atoms with E-state index in [1.165, 1.54) is 0 Å². The first-order valence-electron chi connectivity index (χ1n) is 8.83. The monoisotopic (exact) mass is 328 g/mol. The highest BCUT2D eigenvalue weighted by Crippen LogP contribution is 2.35. The smallest absolute Gasteiger partial charge is 0.407 e. The second-order valence-corrected chi connectivity index (χ2v) is 7.54. The van der Waals surface area contributed by atoms with Gasteiger partial charge in [-0.15, -0.1) is 0 Å². The molecule has 6 nitrogen and oxygen atoms in total. The van der Waals surface area contributed by atoms with Crippen LogP contribution >= 0.6 is 0 Å². The van der Waals surface area contributed by atoms with Crippen LogP contribution < -0.4 is 10.6 Å². The summed E-state index contributed by atoms with van der Waals surface area (Å²) in [5.74, 6) is -0.311. The van der Waals surface area contributed by atoms with Crippen molar-refractivity contribution in [2.24, 2.45) is 0 Å². The van der Waals surface area contributed by atoms with Crippen molar-refractivity contribution in [1.82, 2.24) is 10.6 Å². The maximum atomic E-state index is 11.7. The highest BCUT2D eigenvalue weighted by atomic mass is 16.7. The summed E-state index contributed by atoms with van der Waals surface area (Å²) in [7, 11) is 0. The molecule has 1 aliphatic carbocycles. The Kier molecular flexibility index (Phi) is 6.28. The maximum Gasteiger partial charge on any atom is 0.407 e. The molecule has 0 aromatic rings. The van der Waals surface area contributed by atoms with E-state index >= 15 is 0 Å². The highest BCUT2D eigenvalue weighted by molar-refractivity contribution is 5.67. The van der Waals surface area contributed by atoms with Crippen molar-refractivity contribution in [2.75, 3.05) is 19.8 Å². The van der Waals surface area contributed by atoms with Crippen LogP contribution in [0.3, 0.4) is 0 Å². The lowest BCUT2D eigenvalue weighted by molar-refractivity contribution is -0.179. The Labute approximate surface area is 139 Å². The van der Waals surface area contributed by atoms with Crippen molar-refractivity contribution >= 4 is 6.09 Å². The molecule has 23 heavy (non-hydrogen) atoms. The van der Waals surface area contributed by atoms with E-state index < -0.39 is 5.60 Å². The van der Waals surface area contributed by atoms with Gasteiger partial charge < -0.3 is 24.8 Å².